The number of para-hydroxylation sites is 4. The Morgan fingerprint density at radius 3 is 1.76 bits per heavy atom. The third-order valence-electron chi connectivity index (χ3n) is 8.31. The van der Waals surface area contributed by atoms with Crippen LogP contribution in [0, 0.1) is 0 Å². The molecule has 0 unspecified atom stereocenters. The second-order valence-electron chi connectivity index (χ2n) is 11.3. The number of hydrogen-bond acceptors (Lipinski definition) is 3. The summed E-state index contributed by atoms with van der Waals surface area (Å²) in [6.07, 6.45) is 0. The van der Waals surface area contributed by atoms with Gasteiger partial charge in [-0.15, -0.1) is 0 Å². The number of hydrogen-bond donors (Lipinski definition) is 0. The highest BCUT2D eigenvalue weighted by Crippen LogP contribution is 2.44. The summed E-state index contributed by atoms with van der Waals surface area (Å²) < 4.78 is 300. The molecule has 3 heterocycles. The molecule has 0 saturated heterocycles. The Morgan fingerprint density at radius 2 is 1.00 bits per heavy atom. The van der Waals surface area contributed by atoms with Gasteiger partial charge in [-0.1, -0.05) is 127 Å². The van der Waals surface area contributed by atoms with Gasteiger partial charge in [0.05, 0.1) is 60.5 Å². The van der Waals surface area contributed by atoms with Gasteiger partial charge in [0.25, 0.3) is 0 Å². The maximum atomic E-state index is 9.78. The zero-order valence-electron chi connectivity index (χ0n) is 58.7. The molecule has 0 atom stereocenters. The fourth-order valence-electron chi connectivity index (χ4n) is 6.01. The molecule has 0 radical (unpaired) electrons. The minimum absolute atomic E-state index is 0.390. The Balaban J connectivity index is 1.29. The molecule has 0 fully saturated rings. The zero-order chi connectivity index (χ0) is 63.4. The predicted octanol–water partition coefficient (Wildman–Crippen LogP) is 14.2. The molecule has 0 aliphatic carbocycles. The molecule has 4 nitrogen and oxygen atoms in total. The van der Waals surface area contributed by atoms with Crippen LogP contribution in [0.4, 0.5) is 17.1 Å². The number of furan rings is 2. The molecule has 0 spiro atoms. The normalized spacial score (nSPS) is 20.0. The predicted molar refractivity (Wildman–Crippen MR) is 223 cm³/mol. The topological polar surface area (TPSA) is 34.5 Å². The van der Waals surface area contributed by atoms with Gasteiger partial charge in [-0.05, 0) is 88.7 Å². The molecule has 0 aliphatic heterocycles. The van der Waals surface area contributed by atoms with E-state index in [9.17, 15) is 16.4 Å². The van der Waals surface area contributed by atoms with Gasteiger partial charge >= 0.3 is 0 Å². The van der Waals surface area contributed by atoms with E-state index in [4.69, 9.17) is 36.2 Å². The van der Waals surface area contributed by atoms with Crippen molar-refractivity contribution < 1.29 is 52.7 Å². The van der Waals surface area contributed by atoms with Crippen molar-refractivity contribution in [2.45, 2.75) is 0 Å². The van der Waals surface area contributed by atoms with Crippen molar-refractivity contribution in [1.29, 1.82) is 0 Å². The fraction of sp³-hybridized carbons (Fsp3) is 0. The van der Waals surface area contributed by atoms with Gasteiger partial charge in [0.1, 0.15) is 11.2 Å². The van der Waals surface area contributed by atoms with Gasteiger partial charge in [0.2, 0.25) is 5.71 Å². The van der Waals surface area contributed by atoms with Gasteiger partial charge in [-0.25, -0.2) is 0 Å². The van der Waals surface area contributed by atoms with E-state index in [0.717, 1.165) is 4.57 Å². The summed E-state index contributed by atoms with van der Waals surface area (Å²) in [6.45, 7) is 0. The fourth-order valence-corrected chi connectivity index (χ4v) is 6.01. The van der Waals surface area contributed by atoms with Gasteiger partial charge in [-0.2, -0.15) is 0 Å². The highest BCUT2D eigenvalue weighted by molar-refractivity contribution is 6.20. The van der Waals surface area contributed by atoms with Crippen molar-refractivity contribution in [1.82, 2.24) is 4.57 Å². The molecule has 3 aromatic heterocycles. The smallest absolute Gasteiger partial charge is 0.213 e. The molecular weight excluding hydrogens is 661 g/mol. The highest BCUT2D eigenvalue weighted by atomic mass is 16.3. The average molecular weight is 725 g/mol. The number of aromatic nitrogens is 1. The maximum absolute atomic E-state index is 9.78. The molecule has 54 heavy (non-hydrogen) atoms. The molecule has 11 rings (SSSR count). The largest absolute Gasteiger partial charge is 0.454 e. The van der Waals surface area contributed by atoms with Gasteiger partial charge in [0, 0.05) is 38.6 Å². The van der Waals surface area contributed by atoms with Crippen LogP contribution in [0.3, 0.4) is 0 Å². The lowest BCUT2D eigenvalue weighted by Crippen LogP contribution is -2.10. The Kier molecular flexibility index (Phi) is 2.79. The van der Waals surface area contributed by atoms with Crippen molar-refractivity contribution in [2.24, 2.45) is 0 Å². The molecule has 0 bridgehead atoms. The highest BCUT2D eigenvalue weighted by Gasteiger charge is 2.21. The van der Waals surface area contributed by atoms with Crippen molar-refractivity contribution >= 4 is 72.0 Å². The summed E-state index contributed by atoms with van der Waals surface area (Å²) in [4.78, 5) is 0.390. The molecule has 11 aromatic rings. The molecule has 8 aromatic carbocycles. The van der Waals surface area contributed by atoms with Gasteiger partial charge in [0.15, 0.2) is 5.58 Å². The van der Waals surface area contributed by atoms with Crippen LogP contribution < -0.4 is 4.90 Å². The van der Waals surface area contributed by atoms with E-state index >= 15 is 0 Å². The first-order chi connectivity index (χ1) is 40.1. The number of fused-ring (bicyclic) bond motifs is 8. The van der Waals surface area contributed by atoms with E-state index in [1.807, 2.05) is 0 Å². The Morgan fingerprint density at radius 1 is 0.426 bits per heavy atom. The van der Waals surface area contributed by atoms with Crippen molar-refractivity contribution in [2.75, 3.05) is 4.90 Å². The standard InChI is InChI=1S/C50H32N2O2/c1-3-12-33(13-4-1)34-22-27-38(28-23-34)51(45-20-11-18-41-40-16-8-10-21-46(40)53-49(41)45)39-29-24-35(25-30-39)36-26-31-47-43(32-36)48-42-17-7-9-19-44(42)52(50(48)54-47)37-14-5-2-6-15-37/h1-32H/i1D,2D,3D,4D,5D,6D,7D,8D,9D,10D,11D,12D,13D,14D,15D,16D,17D,18D,19D,20D,21D,22D,23D,24D,25D,26D,27D,28D,29D,30D,31D,32D. The lowest BCUT2D eigenvalue weighted by molar-refractivity contribution is 0.645. The first-order valence-corrected chi connectivity index (χ1v) is 15.7. The SMILES string of the molecule is [2H]c1c([2H])c([2H])c(-c2c([2H])c([2H])c(N(c3c([2H])c([2H])c(-c4c([2H])c([2H])c5oc6c(c5c4[2H])c4c([2H])c([2H])c([2H])c([2H])c4n6-c4c([2H])c([2H])c([2H])c([2H])c4[2H])c([2H])c3[2H])c3c([2H])c([2H])c([2H])c4c3oc3c([2H])c([2H])c([2H])c([2H])c34)c([2H])c2[2H])c([2H])c1[2H]. The first kappa shape index (κ1) is 12.4. The first-order valence-electron chi connectivity index (χ1n) is 31.7. The van der Waals surface area contributed by atoms with E-state index in [2.05, 4.69) is 0 Å². The molecule has 0 aliphatic rings. The third kappa shape index (κ3) is 4.78. The molecule has 0 N–H and O–H groups in total. The van der Waals surface area contributed by atoms with E-state index in [-0.39, 0.29) is 0 Å². The zero-order valence-corrected chi connectivity index (χ0v) is 26.7. The Hall–Kier alpha value is -7.30. The average Bonchev–Trinajstić information content (AvgIpc) is 1.48. The number of anilines is 3. The number of nitrogens with zero attached hydrogens (tertiary/aromatic N) is 2. The van der Waals surface area contributed by atoms with Crippen LogP contribution in [0.5, 0.6) is 0 Å². The molecular formula is C50H32N2O2. The maximum Gasteiger partial charge on any atom is 0.213 e. The Labute approximate surface area is 356 Å². The van der Waals surface area contributed by atoms with Crippen LogP contribution in [-0.4, -0.2) is 4.57 Å². The lowest BCUT2D eigenvalue weighted by atomic mass is 10.0. The summed E-state index contributed by atoms with van der Waals surface area (Å²) in [7, 11) is 0. The third-order valence-corrected chi connectivity index (χ3v) is 8.31. The number of benzene rings is 8. The van der Waals surface area contributed by atoms with Crippen molar-refractivity contribution in [3.8, 4) is 27.9 Å². The van der Waals surface area contributed by atoms with Crippen molar-refractivity contribution in [3.05, 3.63) is 193 Å². The van der Waals surface area contributed by atoms with Crippen LogP contribution in [0.15, 0.2) is 202 Å². The monoisotopic (exact) mass is 724 g/mol. The summed E-state index contributed by atoms with van der Waals surface area (Å²) in [5, 5.41) is -2.74. The summed E-state index contributed by atoms with van der Waals surface area (Å²) in [5.74, 6) is 0. The summed E-state index contributed by atoms with van der Waals surface area (Å²) >= 11 is 0. The van der Waals surface area contributed by atoms with Gasteiger partial charge < -0.3 is 13.7 Å². The quantitative estimate of drug-likeness (QED) is 0.171. The van der Waals surface area contributed by atoms with Gasteiger partial charge in [-0.3, -0.25) is 4.57 Å². The van der Waals surface area contributed by atoms with E-state index < -0.39 is 293 Å². The molecule has 4 heteroatoms. The van der Waals surface area contributed by atoms with Crippen LogP contribution in [0.1, 0.15) is 43.9 Å². The minimum atomic E-state index is -1.29. The van der Waals surface area contributed by atoms with Crippen LogP contribution in [0.25, 0.3) is 82.9 Å². The molecule has 0 saturated carbocycles. The van der Waals surface area contributed by atoms with Crippen molar-refractivity contribution in [3.63, 3.8) is 0 Å². The van der Waals surface area contributed by atoms with E-state index in [1.54, 1.807) is 0 Å². The second-order valence-corrected chi connectivity index (χ2v) is 11.3. The molecule has 254 valence electrons. The van der Waals surface area contributed by atoms with E-state index in [1.165, 1.54) is 0 Å². The summed E-state index contributed by atoms with van der Waals surface area (Å²) in [6, 6.07) is -32.0. The lowest BCUT2D eigenvalue weighted by Gasteiger charge is -2.26. The van der Waals surface area contributed by atoms with E-state index in [0.29, 0.717) is 4.90 Å². The minimum Gasteiger partial charge on any atom is -0.454 e. The van der Waals surface area contributed by atoms with Crippen LogP contribution >= 0.6 is 0 Å². The van der Waals surface area contributed by atoms with Crippen LogP contribution in [-0.2, 0) is 0 Å². The molecule has 0 amide bonds. The number of rotatable bonds is 6. The van der Waals surface area contributed by atoms with Crippen LogP contribution in [0.2, 0.25) is 0 Å². The Bertz CT molecular complexity index is 4930. The second kappa shape index (κ2) is 12.1. The summed E-state index contributed by atoms with van der Waals surface area (Å²) in [5.41, 5.74) is -11.0.